The molecule has 1 saturated heterocycles. The van der Waals surface area contributed by atoms with Crippen LogP contribution in [0.3, 0.4) is 0 Å². The number of aliphatic hydroxyl groups excluding tert-OH is 1. The van der Waals surface area contributed by atoms with Gasteiger partial charge in [-0.05, 0) is 50.3 Å². The summed E-state index contributed by atoms with van der Waals surface area (Å²) >= 11 is 0. The van der Waals surface area contributed by atoms with Crippen molar-refractivity contribution in [2.45, 2.75) is 46.0 Å². The van der Waals surface area contributed by atoms with Crippen LogP contribution >= 0.6 is 24.0 Å². The van der Waals surface area contributed by atoms with Gasteiger partial charge in [-0.2, -0.15) is 0 Å². The van der Waals surface area contributed by atoms with E-state index in [9.17, 15) is 5.11 Å². The number of hydrogen-bond acceptors (Lipinski definition) is 4. The van der Waals surface area contributed by atoms with Crippen molar-refractivity contribution in [2.75, 3.05) is 46.1 Å². The molecule has 1 aliphatic rings. The van der Waals surface area contributed by atoms with E-state index < -0.39 is 0 Å². The summed E-state index contributed by atoms with van der Waals surface area (Å²) in [6, 6.07) is 8.34. The molecule has 0 amide bonds. The normalized spacial score (nSPS) is 18.9. The number of aliphatic imine (C=N–C) groups is 1. The van der Waals surface area contributed by atoms with Crippen LogP contribution in [0.25, 0.3) is 0 Å². The minimum Gasteiger partial charge on any atom is -0.494 e. The summed E-state index contributed by atoms with van der Waals surface area (Å²) in [7, 11) is 0. The SMILES string of the molecule is CCCCOc1ccc(CCNC(=NCC2(CCO)CCOC2)NCC)cc1.I. The van der Waals surface area contributed by atoms with Crippen LogP contribution in [0.4, 0.5) is 0 Å². The summed E-state index contributed by atoms with van der Waals surface area (Å²) in [6.45, 7) is 8.94. The molecule has 0 aliphatic carbocycles. The first-order valence-electron chi connectivity index (χ1n) is 10.6. The minimum atomic E-state index is -0.0231. The molecule has 1 atom stereocenters. The summed E-state index contributed by atoms with van der Waals surface area (Å²) in [4.78, 5) is 4.76. The summed E-state index contributed by atoms with van der Waals surface area (Å²) < 4.78 is 11.3. The third-order valence-electron chi connectivity index (χ3n) is 5.14. The Labute approximate surface area is 192 Å². The van der Waals surface area contributed by atoms with E-state index in [0.717, 1.165) is 70.1 Å². The molecule has 6 nitrogen and oxygen atoms in total. The van der Waals surface area contributed by atoms with E-state index in [1.54, 1.807) is 0 Å². The van der Waals surface area contributed by atoms with Crippen LogP contribution in [0.5, 0.6) is 5.75 Å². The number of nitrogens with zero attached hydrogens (tertiary/aromatic N) is 1. The van der Waals surface area contributed by atoms with E-state index in [1.165, 1.54) is 5.56 Å². The lowest BCUT2D eigenvalue weighted by Gasteiger charge is -2.24. The Morgan fingerprint density at radius 3 is 2.66 bits per heavy atom. The molecule has 1 heterocycles. The molecule has 0 saturated carbocycles. The van der Waals surface area contributed by atoms with Crippen LogP contribution in [0.2, 0.25) is 0 Å². The fraction of sp³-hybridized carbons (Fsp3) is 0.682. The lowest BCUT2D eigenvalue weighted by atomic mass is 9.84. The van der Waals surface area contributed by atoms with Crippen molar-refractivity contribution >= 4 is 29.9 Å². The monoisotopic (exact) mass is 519 g/mol. The molecular formula is C22H38IN3O3. The van der Waals surface area contributed by atoms with Crippen LogP contribution in [-0.4, -0.2) is 57.1 Å². The molecular weight excluding hydrogens is 481 g/mol. The van der Waals surface area contributed by atoms with Crippen molar-refractivity contribution in [2.24, 2.45) is 10.4 Å². The van der Waals surface area contributed by atoms with E-state index in [-0.39, 0.29) is 36.0 Å². The zero-order chi connectivity index (χ0) is 20.1. The van der Waals surface area contributed by atoms with Gasteiger partial charge in [0.2, 0.25) is 0 Å². The van der Waals surface area contributed by atoms with E-state index in [1.807, 2.05) is 12.1 Å². The Hall–Kier alpha value is -1.06. The first-order chi connectivity index (χ1) is 13.7. The lowest BCUT2D eigenvalue weighted by molar-refractivity contribution is 0.131. The first-order valence-corrected chi connectivity index (χ1v) is 10.6. The van der Waals surface area contributed by atoms with Gasteiger partial charge < -0.3 is 25.2 Å². The Morgan fingerprint density at radius 2 is 2.03 bits per heavy atom. The van der Waals surface area contributed by atoms with Gasteiger partial charge in [0.25, 0.3) is 0 Å². The fourth-order valence-corrected chi connectivity index (χ4v) is 3.29. The lowest BCUT2D eigenvalue weighted by Crippen LogP contribution is -2.39. The third kappa shape index (κ3) is 9.53. The van der Waals surface area contributed by atoms with Gasteiger partial charge in [0.1, 0.15) is 5.75 Å². The minimum absolute atomic E-state index is 0. The molecule has 166 valence electrons. The van der Waals surface area contributed by atoms with E-state index in [4.69, 9.17) is 14.5 Å². The first kappa shape index (κ1) is 26.0. The molecule has 1 aliphatic heterocycles. The number of benzene rings is 1. The average molecular weight is 519 g/mol. The maximum absolute atomic E-state index is 9.36. The Kier molecular flexibility index (Phi) is 13.3. The highest BCUT2D eigenvalue weighted by Gasteiger charge is 2.34. The van der Waals surface area contributed by atoms with Crippen LogP contribution in [0.15, 0.2) is 29.3 Å². The average Bonchev–Trinajstić information content (AvgIpc) is 3.17. The van der Waals surface area contributed by atoms with Gasteiger partial charge in [-0.25, -0.2) is 0 Å². The standard InChI is InChI=1S/C22H37N3O3.HI/c1-3-5-15-28-20-8-6-19(7-9-20)10-13-24-21(23-4-2)25-17-22(11-14-26)12-16-27-18-22;/h6-9,26H,3-5,10-18H2,1-2H3,(H2,23,24,25);1H. The Bertz CT molecular complexity index is 575. The summed E-state index contributed by atoms with van der Waals surface area (Å²) in [5, 5.41) is 16.1. The van der Waals surface area contributed by atoms with Crippen LogP contribution < -0.4 is 15.4 Å². The second-order valence-electron chi connectivity index (χ2n) is 7.49. The van der Waals surface area contributed by atoms with Gasteiger partial charge in [0.05, 0.1) is 19.8 Å². The topological polar surface area (TPSA) is 75.1 Å². The van der Waals surface area contributed by atoms with Crippen molar-refractivity contribution < 1.29 is 14.6 Å². The maximum atomic E-state index is 9.36. The molecule has 0 aromatic heterocycles. The largest absolute Gasteiger partial charge is 0.494 e. The van der Waals surface area contributed by atoms with Crippen LogP contribution in [0.1, 0.15) is 45.1 Å². The number of aliphatic hydroxyl groups is 1. The van der Waals surface area contributed by atoms with Crippen molar-refractivity contribution in [3.05, 3.63) is 29.8 Å². The molecule has 1 fully saturated rings. The van der Waals surface area contributed by atoms with Crippen molar-refractivity contribution in [3.63, 3.8) is 0 Å². The van der Waals surface area contributed by atoms with Crippen molar-refractivity contribution in [1.82, 2.24) is 10.6 Å². The fourth-order valence-electron chi connectivity index (χ4n) is 3.29. The van der Waals surface area contributed by atoms with Crippen LogP contribution in [0, 0.1) is 5.41 Å². The summed E-state index contributed by atoms with van der Waals surface area (Å²) in [5.74, 6) is 1.76. The molecule has 2 rings (SSSR count). The molecule has 0 radical (unpaired) electrons. The number of guanidine groups is 1. The van der Waals surface area contributed by atoms with Gasteiger partial charge in [-0.15, -0.1) is 24.0 Å². The second-order valence-corrected chi connectivity index (χ2v) is 7.49. The molecule has 1 aromatic carbocycles. The van der Waals surface area contributed by atoms with Crippen molar-refractivity contribution in [1.29, 1.82) is 0 Å². The number of ether oxygens (including phenoxy) is 2. The number of unbranched alkanes of at least 4 members (excludes halogenated alkanes) is 1. The number of halogens is 1. The van der Waals surface area contributed by atoms with Crippen LogP contribution in [-0.2, 0) is 11.2 Å². The van der Waals surface area contributed by atoms with Gasteiger partial charge in [0.15, 0.2) is 5.96 Å². The van der Waals surface area contributed by atoms with Gasteiger partial charge in [0, 0.05) is 31.7 Å². The summed E-state index contributed by atoms with van der Waals surface area (Å²) in [6.07, 6.45) is 4.85. The van der Waals surface area contributed by atoms with Gasteiger partial charge in [-0.1, -0.05) is 25.5 Å². The second kappa shape index (κ2) is 14.8. The van der Waals surface area contributed by atoms with Crippen molar-refractivity contribution in [3.8, 4) is 5.75 Å². The third-order valence-corrected chi connectivity index (χ3v) is 5.14. The zero-order valence-corrected chi connectivity index (χ0v) is 20.2. The molecule has 7 heteroatoms. The molecule has 0 spiro atoms. The zero-order valence-electron chi connectivity index (χ0n) is 17.9. The number of nitrogens with one attached hydrogen (secondary N) is 2. The predicted molar refractivity (Wildman–Crippen MR) is 130 cm³/mol. The molecule has 1 aromatic rings. The highest BCUT2D eigenvalue weighted by Crippen LogP contribution is 2.32. The highest BCUT2D eigenvalue weighted by molar-refractivity contribution is 14.0. The molecule has 29 heavy (non-hydrogen) atoms. The number of rotatable bonds is 12. The number of hydrogen-bond donors (Lipinski definition) is 3. The molecule has 1 unspecified atom stereocenters. The Balaban J connectivity index is 0.00000420. The maximum Gasteiger partial charge on any atom is 0.191 e. The van der Waals surface area contributed by atoms with E-state index >= 15 is 0 Å². The van der Waals surface area contributed by atoms with Gasteiger partial charge in [-0.3, -0.25) is 4.99 Å². The quantitative estimate of drug-likeness (QED) is 0.171. The smallest absolute Gasteiger partial charge is 0.191 e. The molecule has 3 N–H and O–H groups in total. The molecule has 0 bridgehead atoms. The van der Waals surface area contributed by atoms with E-state index in [0.29, 0.717) is 13.2 Å². The van der Waals surface area contributed by atoms with E-state index in [2.05, 4.69) is 36.6 Å². The van der Waals surface area contributed by atoms with Gasteiger partial charge >= 0.3 is 0 Å². The summed E-state index contributed by atoms with van der Waals surface area (Å²) in [5.41, 5.74) is 1.25. The Morgan fingerprint density at radius 1 is 1.24 bits per heavy atom. The highest BCUT2D eigenvalue weighted by atomic mass is 127. The predicted octanol–water partition coefficient (Wildman–Crippen LogP) is 3.37.